The number of hydrogen-bond acceptors (Lipinski definition) is 6. The van der Waals surface area contributed by atoms with Crippen LogP contribution >= 0.6 is 0 Å². The Morgan fingerprint density at radius 2 is 2.04 bits per heavy atom. The zero-order valence-corrected chi connectivity index (χ0v) is 14.3. The van der Waals surface area contributed by atoms with Crippen LogP contribution in [0.15, 0.2) is 39.8 Å². The van der Waals surface area contributed by atoms with Gasteiger partial charge in [0.05, 0.1) is 11.9 Å². The lowest BCUT2D eigenvalue weighted by molar-refractivity contribution is -0.128. The van der Waals surface area contributed by atoms with Crippen LogP contribution in [-0.4, -0.2) is 27.9 Å². The van der Waals surface area contributed by atoms with Gasteiger partial charge in [-0.1, -0.05) is 12.1 Å². The highest BCUT2D eigenvalue weighted by molar-refractivity contribution is 6.06. The fraction of sp³-hybridized carbons (Fsp3) is 0.176. The number of aromatic amines is 1. The molecule has 0 saturated carbocycles. The van der Waals surface area contributed by atoms with E-state index in [1.54, 1.807) is 6.07 Å². The van der Waals surface area contributed by atoms with E-state index in [4.69, 9.17) is 9.15 Å². The number of nitrogens with one attached hydrogen (secondary N) is 3. The summed E-state index contributed by atoms with van der Waals surface area (Å²) < 4.78 is 24.1. The van der Waals surface area contributed by atoms with Crippen LogP contribution in [0.25, 0.3) is 11.1 Å². The second-order valence-corrected chi connectivity index (χ2v) is 5.58. The van der Waals surface area contributed by atoms with E-state index in [-0.39, 0.29) is 28.2 Å². The van der Waals surface area contributed by atoms with Gasteiger partial charge in [-0.3, -0.25) is 25.2 Å². The molecule has 0 bridgehead atoms. The summed E-state index contributed by atoms with van der Waals surface area (Å²) in [5.74, 6) is -2.04. The first-order valence-electron chi connectivity index (χ1n) is 7.86. The maximum atomic E-state index is 13.6. The molecule has 3 N–H and O–H groups in total. The van der Waals surface area contributed by atoms with Crippen molar-refractivity contribution in [3.63, 3.8) is 0 Å². The van der Waals surface area contributed by atoms with E-state index in [0.29, 0.717) is 0 Å². The van der Waals surface area contributed by atoms with Crippen molar-refractivity contribution in [2.24, 2.45) is 0 Å². The summed E-state index contributed by atoms with van der Waals surface area (Å²) in [6, 6.07) is 5.61. The lowest BCUT2D eigenvalue weighted by atomic mass is 10.2. The fourth-order valence-corrected chi connectivity index (χ4v) is 2.39. The highest BCUT2D eigenvalue weighted by atomic mass is 19.1. The van der Waals surface area contributed by atoms with Gasteiger partial charge in [0.25, 0.3) is 17.4 Å². The monoisotopic (exact) mass is 374 g/mol. The van der Waals surface area contributed by atoms with Crippen molar-refractivity contribution in [3.8, 4) is 5.75 Å². The van der Waals surface area contributed by atoms with Gasteiger partial charge in [-0.2, -0.15) is 0 Å². The van der Waals surface area contributed by atoms with Crippen LogP contribution in [0.5, 0.6) is 5.75 Å². The number of furan rings is 1. The molecule has 0 aliphatic heterocycles. The van der Waals surface area contributed by atoms with Crippen molar-refractivity contribution in [1.29, 1.82) is 0 Å². The molecular weight excluding hydrogens is 359 g/mol. The van der Waals surface area contributed by atoms with Crippen LogP contribution < -0.4 is 21.1 Å². The first-order valence-corrected chi connectivity index (χ1v) is 7.86. The molecule has 3 aromatic rings. The smallest absolute Gasteiger partial charge is 0.279 e. The van der Waals surface area contributed by atoms with Crippen LogP contribution in [0, 0.1) is 12.7 Å². The first kappa shape index (κ1) is 18.1. The van der Waals surface area contributed by atoms with Gasteiger partial charge < -0.3 is 14.1 Å². The standard InChI is InChI=1S/C17H15FN4O5/c1-8-12(13-15(24)19-7-20-17(13)27-8)16(25)22-21-14(23)9(2)26-11-6-4-3-5-10(11)18/h3-7,9H,1-2H3,(H,21,23)(H,22,25)(H,19,20,24). The van der Waals surface area contributed by atoms with E-state index in [1.807, 2.05) is 0 Å². The Morgan fingerprint density at radius 1 is 1.30 bits per heavy atom. The third kappa shape index (κ3) is 3.64. The molecule has 3 rings (SSSR count). The Morgan fingerprint density at radius 3 is 2.78 bits per heavy atom. The number of fused-ring (bicyclic) bond motifs is 1. The lowest BCUT2D eigenvalue weighted by Crippen LogP contribution is -2.47. The van der Waals surface area contributed by atoms with Gasteiger partial charge in [-0.25, -0.2) is 9.37 Å². The summed E-state index contributed by atoms with van der Waals surface area (Å²) in [4.78, 5) is 42.5. The van der Waals surface area contributed by atoms with Gasteiger partial charge in [-0.15, -0.1) is 0 Å². The van der Waals surface area contributed by atoms with Crippen molar-refractivity contribution < 1.29 is 23.1 Å². The molecule has 27 heavy (non-hydrogen) atoms. The van der Waals surface area contributed by atoms with Gasteiger partial charge in [0, 0.05) is 0 Å². The third-order valence-corrected chi connectivity index (χ3v) is 3.71. The molecule has 9 nitrogen and oxygen atoms in total. The maximum Gasteiger partial charge on any atom is 0.279 e. The number of amides is 2. The van der Waals surface area contributed by atoms with E-state index < -0.39 is 29.3 Å². The number of aromatic nitrogens is 2. The quantitative estimate of drug-likeness (QED) is 0.589. The molecule has 0 aliphatic carbocycles. The summed E-state index contributed by atoms with van der Waals surface area (Å²) >= 11 is 0. The number of carbonyl (C=O) groups is 2. The normalized spacial score (nSPS) is 11.8. The number of benzene rings is 1. The molecule has 1 unspecified atom stereocenters. The summed E-state index contributed by atoms with van der Waals surface area (Å²) in [5.41, 5.74) is 3.73. The minimum Gasteiger partial charge on any atom is -0.478 e. The highest BCUT2D eigenvalue weighted by Gasteiger charge is 2.23. The predicted molar refractivity (Wildman–Crippen MR) is 91.5 cm³/mol. The van der Waals surface area contributed by atoms with Crippen molar-refractivity contribution >= 4 is 22.9 Å². The van der Waals surface area contributed by atoms with E-state index in [1.165, 1.54) is 32.0 Å². The zero-order chi connectivity index (χ0) is 19.6. The number of carbonyl (C=O) groups excluding carboxylic acids is 2. The first-order chi connectivity index (χ1) is 12.9. The topological polar surface area (TPSA) is 126 Å². The number of hydrazine groups is 1. The molecule has 2 aromatic heterocycles. The van der Waals surface area contributed by atoms with Crippen molar-refractivity contribution in [2.75, 3.05) is 0 Å². The summed E-state index contributed by atoms with van der Waals surface area (Å²) in [5, 5.41) is -0.0302. The number of para-hydroxylation sites is 1. The number of ether oxygens (including phenoxy) is 1. The van der Waals surface area contributed by atoms with Gasteiger partial charge in [-0.05, 0) is 26.0 Å². The Hall–Kier alpha value is -3.69. The van der Waals surface area contributed by atoms with Gasteiger partial charge in [0.1, 0.15) is 11.1 Å². The summed E-state index contributed by atoms with van der Waals surface area (Å²) in [6.07, 6.45) is 0.0631. The molecule has 0 aliphatic rings. The maximum absolute atomic E-state index is 13.6. The Balaban J connectivity index is 1.69. The number of rotatable bonds is 4. The van der Waals surface area contributed by atoms with Crippen LogP contribution in [-0.2, 0) is 4.79 Å². The van der Waals surface area contributed by atoms with Crippen molar-refractivity contribution in [3.05, 3.63) is 58.1 Å². The van der Waals surface area contributed by atoms with Crippen molar-refractivity contribution in [2.45, 2.75) is 20.0 Å². The van der Waals surface area contributed by atoms with Gasteiger partial charge >= 0.3 is 0 Å². The Labute approximate surface area is 151 Å². The highest BCUT2D eigenvalue weighted by Crippen LogP contribution is 2.20. The SMILES string of the molecule is Cc1oc2nc[nH]c(=O)c2c1C(=O)NNC(=O)C(C)Oc1ccccc1F. The van der Waals surface area contributed by atoms with E-state index in [2.05, 4.69) is 20.8 Å². The van der Waals surface area contributed by atoms with Gasteiger partial charge in [0.2, 0.25) is 5.71 Å². The molecule has 0 radical (unpaired) electrons. The van der Waals surface area contributed by atoms with E-state index in [0.717, 1.165) is 6.33 Å². The number of halogens is 1. The van der Waals surface area contributed by atoms with Gasteiger partial charge in [0.15, 0.2) is 17.7 Å². The number of hydrogen-bond donors (Lipinski definition) is 3. The Kier molecular flexibility index (Phi) is 4.88. The molecule has 0 spiro atoms. The molecule has 2 amide bonds. The number of aryl methyl sites for hydroxylation is 1. The minimum atomic E-state index is -1.09. The second kappa shape index (κ2) is 7.28. The molecule has 2 heterocycles. The van der Waals surface area contributed by atoms with E-state index >= 15 is 0 Å². The molecule has 10 heteroatoms. The average Bonchev–Trinajstić information content (AvgIpc) is 2.98. The third-order valence-electron chi connectivity index (χ3n) is 3.71. The summed E-state index contributed by atoms with van der Waals surface area (Å²) in [6.45, 7) is 2.88. The Bertz CT molecular complexity index is 1070. The second-order valence-electron chi connectivity index (χ2n) is 5.58. The zero-order valence-electron chi connectivity index (χ0n) is 14.3. The number of nitrogens with zero attached hydrogens (tertiary/aromatic N) is 1. The molecular formula is C17H15FN4O5. The molecule has 140 valence electrons. The van der Waals surface area contributed by atoms with Crippen LogP contribution in [0.4, 0.5) is 4.39 Å². The number of H-pyrrole nitrogens is 1. The van der Waals surface area contributed by atoms with Crippen molar-refractivity contribution in [1.82, 2.24) is 20.8 Å². The molecule has 0 fully saturated rings. The molecule has 1 atom stereocenters. The summed E-state index contributed by atoms with van der Waals surface area (Å²) in [7, 11) is 0. The minimum absolute atomic E-state index is 0.00369. The largest absolute Gasteiger partial charge is 0.478 e. The van der Waals surface area contributed by atoms with E-state index in [9.17, 15) is 18.8 Å². The lowest BCUT2D eigenvalue weighted by Gasteiger charge is -2.15. The fourth-order valence-electron chi connectivity index (χ4n) is 2.39. The predicted octanol–water partition coefficient (Wildman–Crippen LogP) is 1.19. The molecule has 0 saturated heterocycles. The molecule has 1 aromatic carbocycles. The van der Waals surface area contributed by atoms with Crippen LogP contribution in [0.3, 0.4) is 0 Å². The van der Waals surface area contributed by atoms with Crippen LogP contribution in [0.1, 0.15) is 23.0 Å². The average molecular weight is 374 g/mol. The van der Waals surface area contributed by atoms with Crippen LogP contribution in [0.2, 0.25) is 0 Å².